The predicted octanol–water partition coefficient (Wildman–Crippen LogP) is 2.10. The monoisotopic (exact) mass is 314 g/mol. The van der Waals surface area contributed by atoms with Gasteiger partial charge >= 0.3 is 0 Å². The molecule has 1 heterocycles. The molecule has 0 aliphatic carbocycles. The van der Waals surface area contributed by atoms with Crippen LogP contribution in [0.4, 0.5) is 10.1 Å². The van der Waals surface area contributed by atoms with E-state index in [-0.39, 0.29) is 9.77 Å². The lowest BCUT2D eigenvalue weighted by Crippen LogP contribution is -2.12. The van der Waals surface area contributed by atoms with Crippen molar-refractivity contribution < 1.29 is 17.6 Å². The highest BCUT2D eigenvalue weighted by atomic mass is 32.2. The van der Waals surface area contributed by atoms with Crippen molar-refractivity contribution in [1.82, 2.24) is 0 Å². The molecule has 3 N–H and O–H groups in total. The summed E-state index contributed by atoms with van der Waals surface area (Å²) in [6, 6.07) is 5.47. The van der Waals surface area contributed by atoms with Crippen molar-refractivity contribution in [3.8, 4) is 0 Å². The Hall–Kier alpha value is -1.77. The zero-order valence-corrected chi connectivity index (χ0v) is 12.0. The highest BCUT2D eigenvalue weighted by Gasteiger charge is 2.15. The number of nitrogens with two attached hydrogens (primary N) is 1. The number of anilines is 1. The van der Waals surface area contributed by atoms with Crippen LogP contribution in [0.1, 0.15) is 15.9 Å². The van der Waals surface area contributed by atoms with Crippen molar-refractivity contribution in [2.45, 2.75) is 11.1 Å². The van der Waals surface area contributed by atoms with Crippen LogP contribution in [0.2, 0.25) is 0 Å². The predicted molar refractivity (Wildman–Crippen MR) is 74.8 cm³/mol. The van der Waals surface area contributed by atoms with E-state index in [1.54, 1.807) is 13.0 Å². The van der Waals surface area contributed by atoms with Crippen LogP contribution in [-0.2, 0) is 10.0 Å². The molecular weight excluding hydrogens is 303 g/mol. The minimum Gasteiger partial charge on any atom is -0.322 e. The van der Waals surface area contributed by atoms with Crippen LogP contribution >= 0.6 is 11.3 Å². The average molecular weight is 314 g/mol. The van der Waals surface area contributed by atoms with Crippen LogP contribution in [0.15, 0.2) is 33.9 Å². The quantitative estimate of drug-likeness (QED) is 0.909. The van der Waals surface area contributed by atoms with E-state index in [9.17, 15) is 17.6 Å². The first-order valence-corrected chi connectivity index (χ1v) is 7.89. The van der Waals surface area contributed by atoms with Gasteiger partial charge in [0.05, 0.1) is 5.56 Å². The number of thiophene rings is 1. The Labute approximate surface area is 119 Å². The zero-order valence-electron chi connectivity index (χ0n) is 10.4. The Bertz CT molecular complexity index is 769. The molecular formula is C12H11FN2O3S2. The molecule has 0 aliphatic rings. The standard InChI is InChI=1S/C12H11FN2O3S2/c1-7-2-3-9(5-10(7)13)15-12(16)8-4-11(19-6-8)20(14,17)18/h2-6H,1H3,(H,15,16)(H2,14,17,18). The molecule has 2 rings (SSSR count). The Morgan fingerprint density at radius 2 is 2.05 bits per heavy atom. The first kappa shape index (κ1) is 14.6. The topological polar surface area (TPSA) is 89.3 Å². The molecule has 0 saturated heterocycles. The minimum absolute atomic E-state index is 0.0993. The fraction of sp³-hybridized carbons (Fsp3) is 0.0833. The minimum atomic E-state index is -3.82. The summed E-state index contributed by atoms with van der Waals surface area (Å²) in [5, 5.41) is 8.82. The van der Waals surface area contributed by atoms with Gasteiger partial charge in [-0.25, -0.2) is 17.9 Å². The highest BCUT2D eigenvalue weighted by molar-refractivity contribution is 7.91. The van der Waals surface area contributed by atoms with Crippen LogP contribution in [0.25, 0.3) is 0 Å². The second kappa shape index (κ2) is 5.31. The van der Waals surface area contributed by atoms with E-state index >= 15 is 0 Å². The molecule has 2 aromatic rings. The summed E-state index contributed by atoms with van der Waals surface area (Å²) in [7, 11) is -3.82. The zero-order chi connectivity index (χ0) is 14.9. The summed E-state index contributed by atoms with van der Waals surface area (Å²) in [4.78, 5) is 11.9. The molecule has 0 spiro atoms. The average Bonchev–Trinajstić information content (AvgIpc) is 2.83. The molecule has 0 radical (unpaired) electrons. The summed E-state index contributed by atoms with van der Waals surface area (Å²) in [6.07, 6.45) is 0. The van der Waals surface area contributed by atoms with Gasteiger partial charge in [-0.2, -0.15) is 0 Å². The second-order valence-corrected chi connectivity index (χ2v) is 6.82. The smallest absolute Gasteiger partial charge is 0.256 e. The number of amides is 1. The van der Waals surface area contributed by atoms with E-state index in [1.807, 2.05) is 0 Å². The van der Waals surface area contributed by atoms with Gasteiger partial charge in [-0.1, -0.05) is 6.07 Å². The van der Waals surface area contributed by atoms with Crippen molar-refractivity contribution in [2.75, 3.05) is 5.32 Å². The Morgan fingerprint density at radius 3 is 2.60 bits per heavy atom. The fourth-order valence-corrected chi connectivity index (χ4v) is 3.04. The van der Waals surface area contributed by atoms with Gasteiger partial charge in [-0.05, 0) is 30.7 Å². The molecule has 8 heteroatoms. The number of sulfonamides is 1. The third-order valence-corrected chi connectivity index (χ3v) is 4.93. The van der Waals surface area contributed by atoms with Crippen molar-refractivity contribution in [1.29, 1.82) is 0 Å². The number of nitrogens with one attached hydrogen (secondary N) is 1. The molecule has 0 fully saturated rings. The maximum absolute atomic E-state index is 13.3. The number of rotatable bonds is 3. The SMILES string of the molecule is Cc1ccc(NC(=O)c2csc(S(N)(=O)=O)c2)cc1F. The van der Waals surface area contributed by atoms with E-state index < -0.39 is 21.7 Å². The molecule has 106 valence electrons. The third kappa shape index (κ3) is 3.21. The van der Waals surface area contributed by atoms with Crippen molar-refractivity contribution in [3.63, 3.8) is 0 Å². The van der Waals surface area contributed by atoms with E-state index in [0.717, 1.165) is 11.3 Å². The molecule has 5 nitrogen and oxygen atoms in total. The third-order valence-electron chi connectivity index (χ3n) is 2.55. The molecule has 1 aromatic carbocycles. The largest absolute Gasteiger partial charge is 0.322 e. The number of hydrogen-bond acceptors (Lipinski definition) is 4. The summed E-state index contributed by atoms with van der Waals surface area (Å²) in [5.74, 6) is -0.960. The van der Waals surface area contributed by atoms with E-state index in [0.29, 0.717) is 11.3 Å². The summed E-state index contributed by atoms with van der Waals surface area (Å²) in [5.41, 5.74) is 0.913. The van der Waals surface area contributed by atoms with Crippen LogP contribution in [-0.4, -0.2) is 14.3 Å². The van der Waals surface area contributed by atoms with Crippen LogP contribution in [0.5, 0.6) is 0 Å². The maximum Gasteiger partial charge on any atom is 0.256 e. The molecule has 1 aromatic heterocycles. The Balaban J connectivity index is 2.20. The molecule has 0 aliphatic heterocycles. The number of benzene rings is 1. The van der Waals surface area contributed by atoms with Crippen LogP contribution < -0.4 is 10.5 Å². The van der Waals surface area contributed by atoms with Gasteiger partial charge in [0.15, 0.2) is 0 Å². The molecule has 20 heavy (non-hydrogen) atoms. The van der Waals surface area contributed by atoms with Gasteiger partial charge in [0, 0.05) is 11.1 Å². The molecule has 0 saturated carbocycles. The van der Waals surface area contributed by atoms with Crippen molar-refractivity contribution in [3.05, 3.63) is 46.6 Å². The summed E-state index contributed by atoms with van der Waals surface area (Å²) >= 11 is 0.853. The molecule has 0 atom stereocenters. The maximum atomic E-state index is 13.3. The molecule has 1 amide bonds. The first-order valence-electron chi connectivity index (χ1n) is 5.46. The highest BCUT2D eigenvalue weighted by Crippen LogP contribution is 2.20. The van der Waals surface area contributed by atoms with Crippen LogP contribution in [0.3, 0.4) is 0 Å². The normalized spacial score (nSPS) is 11.3. The number of carbonyl (C=O) groups excluding carboxylic acids is 1. The lowest BCUT2D eigenvalue weighted by Gasteiger charge is -2.04. The summed E-state index contributed by atoms with van der Waals surface area (Å²) < 4.78 is 35.5. The van der Waals surface area contributed by atoms with Gasteiger partial charge in [0.2, 0.25) is 10.0 Å². The van der Waals surface area contributed by atoms with E-state index in [4.69, 9.17) is 5.14 Å². The Morgan fingerprint density at radius 1 is 1.35 bits per heavy atom. The van der Waals surface area contributed by atoms with E-state index in [2.05, 4.69) is 5.32 Å². The van der Waals surface area contributed by atoms with Crippen molar-refractivity contribution in [2.24, 2.45) is 5.14 Å². The van der Waals surface area contributed by atoms with Crippen LogP contribution in [0, 0.1) is 12.7 Å². The number of hydrogen-bond donors (Lipinski definition) is 2. The molecule has 0 bridgehead atoms. The van der Waals surface area contributed by atoms with Gasteiger partial charge < -0.3 is 5.32 Å². The van der Waals surface area contributed by atoms with Gasteiger partial charge in [-0.15, -0.1) is 11.3 Å². The van der Waals surface area contributed by atoms with Gasteiger partial charge in [0.1, 0.15) is 10.0 Å². The molecule has 0 unspecified atom stereocenters. The lowest BCUT2D eigenvalue weighted by atomic mass is 10.2. The lowest BCUT2D eigenvalue weighted by molar-refractivity contribution is 0.102. The number of primary sulfonamides is 1. The Kier molecular flexibility index (Phi) is 3.89. The fourth-order valence-electron chi connectivity index (χ4n) is 1.46. The second-order valence-electron chi connectivity index (χ2n) is 4.12. The van der Waals surface area contributed by atoms with Crippen molar-refractivity contribution >= 4 is 33.0 Å². The van der Waals surface area contributed by atoms with E-state index in [1.165, 1.54) is 23.6 Å². The summed E-state index contributed by atoms with van der Waals surface area (Å²) in [6.45, 7) is 1.61. The first-order chi connectivity index (χ1) is 9.27. The van der Waals surface area contributed by atoms with Gasteiger partial charge in [-0.3, -0.25) is 4.79 Å². The number of carbonyl (C=O) groups is 1. The number of aryl methyl sites for hydroxylation is 1. The van der Waals surface area contributed by atoms with Gasteiger partial charge in [0.25, 0.3) is 5.91 Å². The number of halogens is 1.